The van der Waals surface area contributed by atoms with E-state index in [1.807, 2.05) is 4.90 Å². The van der Waals surface area contributed by atoms with Crippen LogP contribution in [0.15, 0.2) is 24.5 Å². The van der Waals surface area contributed by atoms with Crippen LogP contribution < -0.4 is 5.73 Å². The van der Waals surface area contributed by atoms with E-state index in [0.29, 0.717) is 29.4 Å². The van der Waals surface area contributed by atoms with Gasteiger partial charge in [0, 0.05) is 24.2 Å². The van der Waals surface area contributed by atoms with Crippen molar-refractivity contribution in [1.29, 1.82) is 0 Å². The Labute approximate surface area is 139 Å². The summed E-state index contributed by atoms with van der Waals surface area (Å²) in [6, 6.07) is 5.20. The van der Waals surface area contributed by atoms with Crippen molar-refractivity contribution in [2.24, 2.45) is 11.1 Å². The van der Waals surface area contributed by atoms with Gasteiger partial charge in [0.15, 0.2) is 0 Å². The maximum absolute atomic E-state index is 13.0. The van der Waals surface area contributed by atoms with E-state index in [0.717, 1.165) is 6.42 Å². The van der Waals surface area contributed by atoms with Gasteiger partial charge in [-0.15, -0.1) is 5.10 Å². The van der Waals surface area contributed by atoms with E-state index in [-0.39, 0.29) is 17.4 Å². The molecular weight excluding hydrogens is 316 g/mol. The Balaban J connectivity index is 1.95. The molecule has 0 bridgehead atoms. The summed E-state index contributed by atoms with van der Waals surface area (Å²) >= 11 is 6.09. The summed E-state index contributed by atoms with van der Waals surface area (Å²) in [6.07, 6.45) is 2.23. The third-order valence-corrected chi connectivity index (χ3v) is 4.62. The number of piperidine rings is 1. The number of nitrogens with two attached hydrogens (primary N) is 1. The lowest BCUT2D eigenvalue weighted by Crippen LogP contribution is -2.54. The van der Waals surface area contributed by atoms with E-state index in [4.69, 9.17) is 17.3 Å². The molecule has 1 saturated heterocycles. The first-order valence-corrected chi connectivity index (χ1v) is 7.84. The van der Waals surface area contributed by atoms with Crippen LogP contribution in [-0.4, -0.2) is 50.1 Å². The van der Waals surface area contributed by atoms with Crippen LogP contribution in [0, 0.1) is 5.41 Å². The largest absolute Gasteiger partial charge is 0.338 e. The van der Waals surface area contributed by atoms with Gasteiger partial charge in [-0.05, 0) is 40.5 Å². The van der Waals surface area contributed by atoms with Crippen molar-refractivity contribution >= 4 is 17.5 Å². The van der Waals surface area contributed by atoms with Crippen molar-refractivity contribution in [2.45, 2.75) is 26.3 Å². The Bertz CT molecular complexity index is 715. The van der Waals surface area contributed by atoms with E-state index in [2.05, 4.69) is 29.4 Å². The minimum atomic E-state index is -0.124. The molecule has 122 valence electrons. The van der Waals surface area contributed by atoms with Gasteiger partial charge in [0.05, 0.1) is 11.3 Å². The number of aromatic nitrogens is 4. The molecule has 2 heterocycles. The molecule has 1 aromatic heterocycles. The number of carbonyl (C=O) groups is 1. The summed E-state index contributed by atoms with van der Waals surface area (Å²) in [4.78, 5) is 14.8. The zero-order valence-electron chi connectivity index (χ0n) is 13.1. The van der Waals surface area contributed by atoms with Crippen molar-refractivity contribution in [3.63, 3.8) is 0 Å². The van der Waals surface area contributed by atoms with Crippen LogP contribution in [-0.2, 0) is 0 Å². The SMILES string of the molecule is CC1(C)CN(C(=O)c2cc(Cl)ccc2-n2cnnn2)CCC1N. The fourth-order valence-electron chi connectivity index (χ4n) is 2.87. The first kappa shape index (κ1) is 15.9. The van der Waals surface area contributed by atoms with Gasteiger partial charge < -0.3 is 10.6 Å². The Morgan fingerprint density at radius 1 is 1.43 bits per heavy atom. The van der Waals surface area contributed by atoms with E-state index >= 15 is 0 Å². The number of likely N-dealkylation sites (tertiary alicyclic amines) is 1. The molecule has 1 fully saturated rings. The third kappa shape index (κ3) is 3.07. The van der Waals surface area contributed by atoms with Crippen molar-refractivity contribution in [1.82, 2.24) is 25.1 Å². The minimum Gasteiger partial charge on any atom is -0.338 e. The Morgan fingerprint density at radius 3 is 2.87 bits per heavy atom. The minimum absolute atomic E-state index is 0.0852. The predicted molar refractivity (Wildman–Crippen MR) is 86.4 cm³/mol. The Kier molecular flexibility index (Phi) is 4.08. The van der Waals surface area contributed by atoms with Crippen LogP contribution >= 0.6 is 11.6 Å². The lowest BCUT2D eigenvalue weighted by atomic mass is 9.79. The first-order chi connectivity index (χ1) is 10.9. The standard InChI is InChI=1S/C15H19ClN6O/c1-15(2)8-21(6-5-13(15)17)14(23)11-7-10(16)3-4-12(11)22-9-18-19-20-22/h3-4,7,9,13H,5-6,8,17H2,1-2H3. The molecule has 0 radical (unpaired) electrons. The van der Waals surface area contributed by atoms with Crippen LogP contribution in [0.25, 0.3) is 5.69 Å². The van der Waals surface area contributed by atoms with E-state index in [9.17, 15) is 4.79 Å². The second-order valence-corrected chi connectivity index (χ2v) is 6.96. The summed E-state index contributed by atoms with van der Waals surface area (Å²) in [7, 11) is 0. The number of hydrogen-bond donors (Lipinski definition) is 1. The highest BCUT2D eigenvalue weighted by molar-refractivity contribution is 6.31. The predicted octanol–water partition coefficient (Wildman–Crippen LogP) is 1.52. The fourth-order valence-corrected chi connectivity index (χ4v) is 3.04. The van der Waals surface area contributed by atoms with Crippen LogP contribution in [0.3, 0.4) is 0 Å². The van der Waals surface area contributed by atoms with E-state index in [1.165, 1.54) is 11.0 Å². The molecule has 7 nitrogen and oxygen atoms in total. The fraction of sp³-hybridized carbons (Fsp3) is 0.467. The highest BCUT2D eigenvalue weighted by atomic mass is 35.5. The number of halogens is 1. The number of carbonyl (C=O) groups excluding carboxylic acids is 1. The van der Waals surface area contributed by atoms with Gasteiger partial charge in [0.1, 0.15) is 6.33 Å². The number of nitrogens with zero attached hydrogens (tertiary/aromatic N) is 5. The van der Waals surface area contributed by atoms with E-state index < -0.39 is 0 Å². The topological polar surface area (TPSA) is 89.9 Å². The van der Waals surface area contributed by atoms with Crippen LogP contribution in [0.5, 0.6) is 0 Å². The molecule has 1 atom stereocenters. The van der Waals surface area contributed by atoms with Crippen LogP contribution in [0.1, 0.15) is 30.6 Å². The number of amides is 1. The van der Waals surface area contributed by atoms with Gasteiger partial charge in [-0.25, -0.2) is 0 Å². The molecule has 2 N–H and O–H groups in total. The molecule has 0 saturated carbocycles. The molecule has 2 aromatic rings. The monoisotopic (exact) mass is 334 g/mol. The number of tetrazole rings is 1. The van der Waals surface area contributed by atoms with Gasteiger partial charge in [-0.3, -0.25) is 4.79 Å². The molecule has 0 aliphatic carbocycles. The average Bonchev–Trinajstić information content (AvgIpc) is 3.03. The maximum Gasteiger partial charge on any atom is 0.256 e. The zero-order valence-corrected chi connectivity index (χ0v) is 13.9. The Hall–Kier alpha value is -1.99. The number of hydrogen-bond acceptors (Lipinski definition) is 5. The third-order valence-electron chi connectivity index (χ3n) is 4.38. The highest BCUT2D eigenvalue weighted by Crippen LogP contribution is 2.30. The van der Waals surface area contributed by atoms with Crippen molar-refractivity contribution in [2.75, 3.05) is 13.1 Å². The summed E-state index contributed by atoms with van der Waals surface area (Å²) in [5, 5.41) is 11.6. The molecule has 1 aliphatic rings. The summed E-state index contributed by atoms with van der Waals surface area (Å²) in [5.74, 6) is -0.0852. The van der Waals surface area contributed by atoms with Gasteiger partial charge >= 0.3 is 0 Å². The number of rotatable bonds is 2. The molecule has 23 heavy (non-hydrogen) atoms. The summed E-state index contributed by atoms with van der Waals surface area (Å²) < 4.78 is 1.46. The molecule has 0 spiro atoms. The van der Waals surface area contributed by atoms with Crippen molar-refractivity contribution < 1.29 is 4.79 Å². The van der Waals surface area contributed by atoms with Crippen LogP contribution in [0.4, 0.5) is 0 Å². The lowest BCUT2D eigenvalue weighted by molar-refractivity contribution is 0.0533. The molecule has 1 unspecified atom stereocenters. The molecular formula is C15H19ClN6O. The maximum atomic E-state index is 13.0. The summed E-state index contributed by atoms with van der Waals surface area (Å²) in [5.41, 5.74) is 7.12. The van der Waals surface area contributed by atoms with Gasteiger partial charge in [-0.2, -0.15) is 4.68 Å². The van der Waals surface area contributed by atoms with Gasteiger partial charge in [0.2, 0.25) is 0 Å². The highest BCUT2D eigenvalue weighted by Gasteiger charge is 2.36. The average molecular weight is 335 g/mol. The number of benzene rings is 1. The first-order valence-electron chi connectivity index (χ1n) is 7.46. The van der Waals surface area contributed by atoms with E-state index in [1.54, 1.807) is 18.2 Å². The summed E-state index contributed by atoms with van der Waals surface area (Å²) in [6.45, 7) is 5.40. The Morgan fingerprint density at radius 2 is 2.22 bits per heavy atom. The lowest BCUT2D eigenvalue weighted by Gasteiger charge is -2.42. The smallest absolute Gasteiger partial charge is 0.256 e. The second kappa shape index (κ2) is 5.90. The molecule has 3 rings (SSSR count). The quantitative estimate of drug-likeness (QED) is 0.899. The van der Waals surface area contributed by atoms with Gasteiger partial charge in [-0.1, -0.05) is 25.4 Å². The molecule has 1 amide bonds. The second-order valence-electron chi connectivity index (χ2n) is 6.53. The molecule has 1 aliphatic heterocycles. The van der Waals surface area contributed by atoms with Crippen LogP contribution in [0.2, 0.25) is 5.02 Å². The molecule has 1 aromatic carbocycles. The van der Waals surface area contributed by atoms with Crippen molar-refractivity contribution in [3.8, 4) is 5.69 Å². The van der Waals surface area contributed by atoms with Gasteiger partial charge in [0.25, 0.3) is 5.91 Å². The van der Waals surface area contributed by atoms with Crippen molar-refractivity contribution in [3.05, 3.63) is 35.1 Å². The zero-order chi connectivity index (χ0) is 16.6. The normalized spacial score (nSPS) is 20.5. The molecule has 8 heteroatoms.